The van der Waals surface area contributed by atoms with E-state index in [1.54, 1.807) is 41.5 Å². The molecular weight excluding hydrogens is 446 g/mol. The number of ether oxygens (including phenoxy) is 2. The van der Waals surface area contributed by atoms with Crippen LogP contribution in [0.5, 0.6) is 0 Å². The molecule has 1 aromatic heterocycles. The van der Waals surface area contributed by atoms with Crippen molar-refractivity contribution >= 4 is 12.2 Å². The van der Waals surface area contributed by atoms with Crippen LogP contribution in [0.3, 0.4) is 0 Å². The molecule has 3 aliphatic carbocycles. The van der Waals surface area contributed by atoms with Gasteiger partial charge in [-0.25, -0.2) is 14.5 Å². The first-order chi connectivity index (χ1) is 16.3. The summed E-state index contributed by atoms with van der Waals surface area (Å²) in [5.41, 5.74) is 1.03. The van der Waals surface area contributed by atoms with Gasteiger partial charge in [0.1, 0.15) is 11.2 Å². The number of nitrogens with zero attached hydrogens (tertiary/aromatic N) is 3. The van der Waals surface area contributed by atoms with Crippen LogP contribution in [-0.4, -0.2) is 55.8 Å². The largest absolute Gasteiger partial charge is 0.443 e. The molecule has 0 bridgehead atoms. The number of imide groups is 1. The summed E-state index contributed by atoms with van der Waals surface area (Å²) in [6.07, 6.45) is 8.75. The topological polar surface area (TPSA) is 93.9 Å². The van der Waals surface area contributed by atoms with E-state index >= 15 is 0 Å². The fraction of sp³-hybridized carbons (Fsp3) is 0.815. The molecule has 3 fully saturated rings. The molecule has 3 saturated carbocycles. The highest BCUT2D eigenvalue weighted by atomic mass is 16.6. The summed E-state index contributed by atoms with van der Waals surface area (Å²) in [5, 5.41) is 15.6. The third kappa shape index (κ3) is 6.57. The van der Waals surface area contributed by atoms with Gasteiger partial charge < -0.3 is 14.6 Å². The monoisotopic (exact) mass is 489 g/mol. The molecule has 3 aliphatic rings. The van der Waals surface area contributed by atoms with E-state index in [1.165, 1.54) is 24.1 Å². The Morgan fingerprint density at radius 2 is 1.57 bits per heavy atom. The summed E-state index contributed by atoms with van der Waals surface area (Å²) in [5.74, 6) is 0.891. The van der Waals surface area contributed by atoms with Gasteiger partial charge in [-0.15, -0.1) is 0 Å². The Kier molecular flexibility index (Phi) is 7.24. The lowest BCUT2D eigenvalue weighted by Crippen LogP contribution is -2.47. The molecule has 1 aromatic rings. The number of aliphatic hydroxyl groups is 1. The number of aliphatic hydroxyl groups excluding tert-OH is 1. The first kappa shape index (κ1) is 26.0. The van der Waals surface area contributed by atoms with Gasteiger partial charge in [-0.2, -0.15) is 5.10 Å². The van der Waals surface area contributed by atoms with Gasteiger partial charge in [-0.05, 0) is 91.5 Å². The highest BCUT2D eigenvalue weighted by molar-refractivity contribution is 5.88. The molecule has 0 radical (unpaired) electrons. The zero-order chi connectivity index (χ0) is 25.5. The number of carbonyl (C=O) groups is 2. The second-order valence-corrected chi connectivity index (χ2v) is 12.7. The van der Waals surface area contributed by atoms with E-state index in [0.29, 0.717) is 5.92 Å². The molecule has 4 rings (SSSR count). The second kappa shape index (κ2) is 9.75. The third-order valence-corrected chi connectivity index (χ3v) is 7.14. The maximum Gasteiger partial charge on any atom is 0.419 e. The smallest absolute Gasteiger partial charge is 0.419 e. The van der Waals surface area contributed by atoms with Crippen LogP contribution in [0.15, 0.2) is 6.20 Å². The van der Waals surface area contributed by atoms with E-state index in [2.05, 4.69) is 10.9 Å². The SMILES string of the molecule is CC(C)(C)OC(=O)N(CC1CC(n2cc(C3CCCCC3O)c(C3CC3)n2)C1)C(=O)OC(C)(C)C. The molecule has 2 amide bonds. The van der Waals surface area contributed by atoms with E-state index in [4.69, 9.17) is 14.6 Å². The second-order valence-electron chi connectivity index (χ2n) is 12.7. The van der Waals surface area contributed by atoms with Gasteiger partial charge in [0.25, 0.3) is 0 Å². The van der Waals surface area contributed by atoms with Gasteiger partial charge in [0, 0.05) is 24.6 Å². The van der Waals surface area contributed by atoms with Crippen molar-refractivity contribution in [2.75, 3.05) is 6.54 Å². The fourth-order valence-electron chi connectivity index (χ4n) is 5.22. The van der Waals surface area contributed by atoms with E-state index in [1.807, 2.05) is 0 Å². The Morgan fingerprint density at radius 1 is 1.00 bits per heavy atom. The quantitative estimate of drug-likeness (QED) is 0.553. The van der Waals surface area contributed by atoms with Crippen molar-refractivity contribution in [1.82, 2.24) is 14.7 Å². The van der Waals surface area contributed by atoms with Crippen molar-refractivity contribution in [3.05, 3.63) is 17.5 Å². The van der Waals surface area contributed by atoms with Gasteiger partial charge in [0.05, 0.1) is 17.8 Å². The lowest BCUT2D eigenvalue weighted by atomic mass is 9.79. The number of hydrogen-bond acceptors (Lipinski definition) is 6. The summed E-state index contributed by atoms with van der Waals surface area (Å²) in [6, 6.07) is 0.242. The molecule has 0 aromatic carbocycles. The standard InChI is InChI=1S/C27H43N3O5/c1-26(2,3)34-24(32)29(25(33)35-27(4,5)6)15-17-13-19(14-17)30-16-21(23(28-30)18-11-12-18)20-9-7-8-10-22(20)31/h16-20,22,31H,7-15H2,1-6H3. The minimum atomic E-state index is -0.701. The van der Waals surface area contributed by atoms with Crippen molar-refractivity contribution in [1.29, 1.82) is 0 Å². The van der Waals surface area contributed by atoms with Gasteiger partial charge in [-0.3, -0.25) is 4.68 Å². The van der Waals surface area contributed by atoms with Crippen LogP contribution >= 0.6 is 0 Å². The molecule has 1 N–H and O–H groups in total. The summed E-state index contributed by atoms with van der Waals surface area (Å²) < 4.78 is 13.1. The summed E-state index contributed by atoms with van der Waals surface area (Å²) in [6.45, 7) is 11.0. The predicted molar refractivity (Wildman–Crippen MR) is 132 cm³/mol. The summed E-state index contributed by atoms with van der Waals surface area (Å²) in [7, 11) is 0. The van der Waals surface area contributed by atoms with Crippen LogP contribution in [0.1, 0.15) is 122 Å². The van der Waals surface area contributed by atoms with Gasteiger partial charge in [-0.1, -0.05) is 12.8 Å². The Hall–Kier alpha value is -2.09. The highest BCUT2D eigenvalue weighted by Crippen LogP contribution is 2.47. The van der Waals surface area contributed by atoms with Crippen LogP contribution in [-0.2, 0) is 9.47 Å². The van der Waals surface area contributed by atoms with Crippen molar-refractivity contribution in [2.45, 2.75) is 128 Å². The Morgan fingerprint density at radius 3 is 2.09 bits per heavy atom. The van der Waals surface area contributed by atoms with E-state index in [0.717, 1.165) is 43.4 Å². The predicted octanol–water partition coefficient (Wildman–Crippen LogP) is 5.90. The molecule has 1 heterocycles. The molecule has 35 heavy (non-hydrogen) atoms. The minimum Gasteiger partial charge on any atom is -0.443 e. The zero-order valence-corrected chi connectivity index (χ0v) is 22.2. The molecule has 8 heteroatoms. The Bertz CT molecular complexity index is 890. The van der Waals surface area contributed by atoms with Crippen molar-refractivity contribution in [3.63, 3.8) is 0 Å². The molecule has 2 unspecified atom stereocenters. The molecule has 0 aliphatic heterocycles. The first-order valence-corrected chi connectivity index (χ1v) is 13.3. The third-order valence-electron chi connectivity index (χ3n) is 7.14. The molecule has 2 atom stereocenters. The van der Waals surface area contributed by atoms with Crippen LogP contribution in [0, 0.1) is 5.92 Å². The number of hydrogen-bond donors (Lipinski definition) is 1. The van der Waals surface area contributed by atoms with Crippen molar-refractivity contribution in [2.24, 2.45) is 5.92 Å². The molecule has 196 valence electrons. The highest BCUT2D eigenvalue weighted by Gasteiger charge is 2.40. The maximum absolute atomic E-state index is 12.8. The Balaban J connectivity index is 1.42. The van der Waals surface area contributed by atoms with Crippen molar-refractivity contribution < 1.29 is 24.2 Å². The van der Waals surface area contributed by atoms with E-state index in [-0.39, 0.29) is 30.5 Å². The molecule has 8 nitrogen and oxygen atoms in total. The Labute approximate surface area is 209 Å². The molecular formula is C27H43N3O5. The average Bonchev–Trinajstić information content (AvgIpc) is 3.44. The fourth-order valence-corrected chi connectivity index (χ4v) is 5.22. The first-order valence-electron chi connectivity index (χ1n) is 13.3. The van der Waals surface area contributed by atoms with Gasteiger partial charge in [0.2, 0.25) is 0 Å². The van der Waals surface area contributed by atoms with Crippen LogP contribution in [0.4, 0.5) is 9.59 Å². The van der Waals surface area contributed by atoms with E-state index in [9.17, 15) is 14.7 Å². The molecule has 0 saturated heterocycles. The molecule has 0 spiro atoms. The summed E-state index contributed by atoms with van der Waals surface area (Å²) >= 11 is 0. The number of rotatable bonds is 5. The summed E-state index contributed by atoms with van der Waals surface area (Å²) in [4.78, 5) is 26.7. The van der Waals surface area contributed by atoms with Crippen molar-refractivity contribution in [3.8, 4) is 0 Å². The average molecular weight is 490 g/mol. The number of amides is 2. The number of carbonyl (C=O) groups excluding carboxylic acids is 2. The zero-order valence-electron chi connectivity index (χ0n) is 22.2. The number of aromatic nitrogens is 2. The van der Waals surface area contributed by atoms with Gasteiger partial charge in [0.15, 0.2) is 0 Å². The van der Waals surface area contributed by atoms with Gasteiger partial charge >= 0.3 is 12.2 Å². The van der Waals surface area contributed by atoms with E-state index < -0.39 is 23.4 Å². The lowest BCUT2D eigenvalue weighted by Gasteiger charge is -2.38. The van der Waals surface area contributed by atoms with Crippen LogP contribution in [0.25, 0.3) is 0 Å². The lowest BCUT2D eigenvalue weighted by molar-refractivity contribution is -0.00641. The van der Waals surface area contributed by atoms with Crippen LogP contribution in [0.2, 0.25) is 0 Å². The van der Waals surface area contributed by atoms with Crippen LogP contribution < -0.4 is 0 Å². The maximum atomic E-state index is 12.8. The normalized spacial score (nSPS) is 27.2. The minimum absolute atomic E-state index is 0.164.